The van der Waals surface area contributed by atoms with E-state index in [2.05, 4.69) is 10.1 Å². The number of Topliss-reactive ketones (excluding diaryl/α,β-unsaturated/α-hetero) is 1. The van der Waals surface area contributed by atoms with Crippen molar-refractivity contribution in [3.05, 3.63) is 0 Å². The van der Waals surface area contributed by atoms with Crippen molar-refractivity contribution in [1.82, 2.24) is 5.32 Å². The van der Waals surface area contributed by atoms with Crippen LogP contribution >= 0.6 is 0 Å². The number of amides is 1. The topological polar surface area (TPSA) is 72.5 Å². The van der Waals surface area contributed by atoms with Crippen LogP contribution in [0.2, 0.25) is 0 Å². The van der Waals surface area contributed by atoms with E-state index in [0.717, 1.165) is 0 Å². The first-order valence-corrected chi connectivity index (χ1v) is 4.15. The minimum Gasteiger partial charge on any atom is -0.460 e. The number of hydrogen-bond acceptors (Lipinski definition) is 4. The van der Waals surface area contributed by atoms with Crippen molar-refractivity contribution in [2.45, 2.75) is 13.3 Å². The van der Waals surface area contributed by atoms with Crippen molar-refractivity contribution in [2.24, 2.45) is 5.92 Å². The second kappa shape index (κ2) is 4.02. The van der Waals surface area contributed by atoms with Gasteiger partial charge in [0.1, 0.15) is 5.92 Å². The lowest BCUT2D eigenvalue weighted by Crippen LogP contribution is -2.31. The molecule has 1 heterocycles. The first kappa shape index (κ1) is 9.70. The van der Waals surface area contributed by atoms with E-state index >= 15 is 0 Å². The summed E-state index contributed by atoms with van der Waals surface area (Å²) < 4.78 is 4.50. The highest BCUT2D eigenvalue weighted by Gasteiger charge is 2.35. The van der Waals surface area contributed by atoms with Crippen molar-refractivity contribution in [3.8, 4) is 0 Å². The first-order valence-electron chi connectivity index (χ1n) is 4.15. The molecule has 0 unspecified atom stereocenters. The van der Waals surface area contributed by atoms with E-state index in [1.807, 2.05) is 0 Å². The Labute approximate surface area is 75.4 Å². The third kappa shape index (κ3) is 2.05. The molecular weight excluding hydrogens is 174 g/mol. The molecule has 0 aromatic rings. The minimum atomic E-state index is -0.912. The maximum Gasteiger partial charge on any atom is 0.375 e. The highest BCUT2D eigenvalue weighted by atomic mass is 16.5. The van der Waals surface area contributed by atoms with Gasteiger partial charge in [-0.15, -0.1) is 0 Å². The largest absolute Gasteiger partial charge is 0.460 e. The van der Waals surface area contributed by atoms with Crippen molar-refractivity contribution in [1.29, 1.82) is 0 Å². The summed E-state index contributed by atoms with van der Waals surface area (Å²) in [7, 11) is 0. The first-order chi connectivity index (χ1) is 6.16. The SMILES string of the molecule is CCOC(=O)C(=O)[C@@H]1CCNC1=O. The van der Waals surface area contributed by atoms with E-state index in [0.29, 0.717) is 13.0 Å². The molecule has 72 valence electrons. The highest BCUT2D eigenvalue weighted by Crippen LogP contribution is 2.11. The Bertz CT molecular complexity index is 249. The molecule has 5 nitrogen and oxygen atoms in total. The van der Waals surface area contributed by atoms with Gasteiger partial charge in [0.15, 0.2) is 0 Å². The Hall–Kier alpha value is -1.39. The number of carbonyl (C=O) groups is 3. The minimum absolute atomic E-state index is 0.152. The normalized spacial score (nSPS) is 21.0. The molecule has 1 fully saturated rings. The second-order valence-corrected chi connectivity index (χ2v) is 2.72. The fourth-order valence-electron chi connectivity index (χ4n) is 1.19. The van der Waals surface area contributed by atoms with Gasteiger partial charge in [0, 0.05) is 6.54 Å². The fraction of sp³-hybridized carbons (Fsp3) is 0.625. The molecule has 0 saturated carbocycles. The zero-order chi connectivity index (χ0) is 9.84. The van der Waals surface area contributed by atoms with Gasteiger partial charge >= 0.3 is 5.97 Å². The van der Waals surface area contributed by atoms with Gasteiger partial charge in [-0.3, -0.25) is 9.59 Å². The summed E-state index contributed by atoms with van der Waals surface area (Å²) in [5.74, 6) is -2.86. The Balaban J connectivity index is 2.56. The zero-order valence-electron chi connectivity index (χ0n) is 7.33. The van der Waals surface area contributed by atoms with Crippen LogP contribution in [0.15, 0.2) is 0 Å². The van der Waals surface area contributed by atoms with Crippen LogP contribution in [0, 0.1) is 5.92 Å². The number of rotatable bonds is 3. The number of hydrogen-bond donors (Lipinski definition) is 1. The summed E-state index contributed by atoms with van der Waals surface area (Å²) in [6, 6.07) is 0. The van der Waals surface area contributed by atoms with Gasteiger partial charge in [-0.25, -0.2) is 4.79 Å². The van der Waals surface area contributed by atoms with Gasteiger partial charge in [-0.05, 0) is 13.3 Å². The quantitative estimate of drug-likeness (QED) is 0.357. The maximum absolute atomic E-state index is 11.2. The molecule has 0 radical (unpaired) electrons. The van der Waals surface area contributed by atoms with Crippen molar-refractivity contribution in [2.75, 3.05) is 13.2 Å². The average molecular weight is 185 g/mol. The van der Waals surface area contributed by atoms with E-state index in [4.69, 9.17) is 0 Å². The van der Waals surface area contributed by atoms with Crippen molar-refractivity contribution < 1.29 is 19.1 Å². The van der Waals surface area contributed by atoms with Crippen LogP contribution < -0.4 is 5.32 Å². The second-order valence-electron chi connectivity index (χ2n) is 2.72. The van der Waals surface area contributed by atoms with Crippen LogP contribution in [0.25, 0.3) is 0 Å². The highest BCUT2D eigenvalue weighted by molar-refractivity contribution is 6.38. The molecule has 1 saturated heterocycles. The summed E-state index contributed by atoms with van der Waals surface area (Å²) in [6.45, 7) is 2.22. The van der Waals surface area contributed by atoms with Crippen LogP contribution in [0.3, 0.4) is 0 Å². The molecule has 1 amide bonds. The van der Waals surface area contributed by atoms with E-state index in [-0.39, 0.29) is 12.5 Å². The lowest BCUT2D eigenvalue weighted by Gasteiger charge is -2.03. The molecule has 0 bridgehead atoms. The van der Waals surface area contributed by atoms with Gasteiger partial charge in [0.2, 0.25) is 5.91 Å². The summed E-state index contributed by atoms with van der Waals surface area (Å²) in [4.78, 5) is 33.1. The van der Waals surface area contributed by atoms with Gasteiger partial charge in [-0.1, -0.05) is 0 Å². The Morgan fingerprint density at radius 3 is 2.77 bits per heavy atom. The summed E-state index contributed by atoms with van der Waals surface area (Å²) in [5.41, 5.74) is 0. The molecule has 1 atom stereocenters. The maximum atomic E-state index is 11.2. The lowest BCUT2D eigenvalue weighted by molar-refractivity contribution is -0.156. The molecule has 0 spiro atoms. The summed E-state index contributed by atoms with van der Waals surface area (Å²) >= 11 is 0. The Kier molecular flexibility index (Phi) is 3.00. The third-order valence-corrected chi connectivity index (χ3v) is 1.84. The molecule has 1 rings (SSSR count). The smallest absolute Gasteiger partial charge is 0.375 e. The van der Waals surface area contributed by atoms with Crippen LogP contribution in [0.5, 0.6) is 0 Å². The lowest BCUT2D eigenvalue weighted by atomic mass is 10.0. The van der Waals surface area contributed by atoms with Gasteiger partial charge in [0.05, 0.1) is 6.61 Å². The predicted octanol–water partition coefficient (Wildman–Crippen LogP) is -0.745. The van der Waals surface area contributed by atoms with Crippen molar-refractivity contribution in [3.63, 3.8) is 0 Å². The Morgan fingerprint density at radius 1 is 1.62 bits per heavy atom. The molecule has 1 aliphatic heterocycles. The van der Waals surface area contributed by atoms with Gasteiger partial charge < -0.3 is 10.1 Å². The number of carbonyl (C=O) groups excluding carboxylic acids is 3. The zero-order valence-corrected chi connectivity index (χ0v) is 7.33. The molecule has 0 aromatic carbocycles. The molecule has 0 aliphatic carbocycles. The van der Waals surface area contributed by atoms with E-state index in [1.54, 1.807) is 6.92 Å². The van der Waals surface area contributed by atoms with Crippen LogP contribution in [-0.2, 0) is 19.1 Å². The number of ketones is 1. The molecule has 13 heavy (non-hydrogen) atoms. The summed E-state index contributed by atoms with van der Waals surface area (Å²) in [6.07, 6.45) is 0.385. The monoisotopic (exact) mass is 185 g/mol. The third-order valence-electron chi connectivity index (χ3n) is 1.84. The predicted molar refractivity (Wildman–Crippen MR) is 42.8 cm³/mol. The van der Waals surface area contributed by atoms with Crippen LogP contribution in [0.4, 0.5) is 0 Å². The van der Waals surface area contributed by atoms with Gasteiger partial charge in [0.25, 0.3) is 5.78 Å². The van der Waals surface area contributed by atoms with Crippen molar-refractivity contribution >= 4 is 17.7 Å². The standard InChI is InChI=1S/C8H11NO4/c1-2-13-8(12)6(10)5-3-4-9-7(5)11/h5H,2-4H2,1H3,(H,9,11)/t5-/m0/s1. The molecule has 0 aromatic heterocycles. The number of nitrogens with one attached hydrogen (secondary N) is 1. The molecule has 5 heteroatoms. The average Bonchev–Trinajstić information content (AvgIpc) is 2.50. The molecule has 1 N–H and O–H groups in total. The summed E-state index contributed by atoms with van der Waals surface area (Å²) in [5, 5.41) is 2.48. The molecule has 1 aliphatic rings. The van der Waals surface area contributed by atoms with E-state index in [9.17, 15) is 14.4 Å². The molecular formula is C8H11NO4. The van der Waals surface area contributed by atoms with Crippen LogP contribution in [0.1, 0.15) is 13.3 Å². The number of esters is 1. The Morgan fingerprint density at radius 2 is 2.31 bits per heavy atom. The number of ether oxygens (including phenoxy) is 1. The van der Waals surface area contributed by atoms with E-state index < -0.39 is 17.7 Å². The van der Waals surface area contributed by atoms with Gasteiger partial charge in [-0.2, -0.15) is 0 Å². The fourth-order valence-corrected chi connectivity index (χ4v) is 1.19. The van der Waals surface area contributed by atoms with Crippen LogP contribution in [-0.4, -0.2) is 30.8 Å². The van der Waals surface area contributed by atoms with E-state index in [1.165, 1.54) is 0 Å².